The summed E-state index contributed by atoms with van der Waals surface area (Å²) in [5.74, 6) is 0.235. The molecule has 0 aliphatic rings. The van der Waals surface area contributed by atoms with Gasteiger partial charge in [0, 0.05) is 6.54 Å². The van der Waals surface area contributed by atoms with Gasteiger partial charge in [-0.05, 0) is 41.3 Å². The summed E-state index contributed by atoms with van der Waals surface area (Å²) in [7, 11) is -1.87. The van der Waals surface area contributed by atoms with Crippen molar-refractivity contribution in [3.63, 3.8) is 0 Å². The third-order valence-electron chi connectivity index (χ3n) is 3.49. The molecular formula is C17H20FNO3S. The monoisotopic (exact) mass is 337 g/mol. The number of hydrogen-bond donors (Lipinski definition) is 1. The standard InChI is InChI=1S/C17H20FNO3S/c1-3-15-10-14(6-9-17(15)22-2)11-19-23(20,21)12-13-4-7-16(18)8-5-13/h4-10,19H,3,11-12H2,1-2H3. The van der Waals surface area contributed by atoms with E-state index in [9.17, 15) is 12.8 Å². The molecule has 0 fully saturated rings. The van der Waals surface area contributed by atoms with Crippen LogP contribution in [0.2, 0.25) is 0 Å². The first-order chi connectivity index (χ1) is 10.9. The number of methoxy groups -OCH3 is 1. The van der Waals surface area contributed by atoms with Crippen LogP contribution in [0, 0.1) is 5.82 Å². The van der Waals surface area contributed by atoms with E-state index in [1.807, 2.05) is 25.1 Å². The lowest BCUT2D eigenvalue weighted by atomic mass is 10.1. The van der Waals surface area contributed by atoms with Gasteiger partial charge in [0.05, 0.1) is 12.9 Å². The molecule has 2 aromatic carbocycles. The first-order valence-electron chi connectivity index (χ1n) is 7.31. The molecule has 0 saturated heterocycles. The Morgan fingerprint density at radius 3 is 2.35 bits per heavy atom. The minimum absolute atomic E-state index is 0.177. The number of sulfonamides is 1. The predicted octanol–water partition coefficient (Wildman–Crippen LogP) is 3.02. The van der Waals surface area contributed by atoms with Crippen molar-refractivity contribution in [3.05, 3.63) is 65.0 Å². The Hall–Kier alpha value is -1.92. The van der Waals surface area contributed by atoms with E-state index in [0.29, 0.717) is 5.56 Å². The van der Waals surface area contributed by atoms with E-state index in [1.54, 1.807) is 7.11 Å². The number of halogens is 1. The van der Waals surface area contributed by atoms with Crippen molar-refractivity contribution >= 4 is 10.0 Å². The summed E-state index contributed by atoms with van der Waals surface area (Å²) in [6.45, 7) is 2.22. The van der Waals surface area contributed by atoms with E-state index in [2.05, 4.69) is 4.72 Å². The molecule has 2 aromatic rings. The van der Waals surface area contributed by atoms with E-state index >= 15 is 0 Å². The van der Waals surface area contributed by atoms with Gasteiger partial charge >= 0.3 is 0 Å². The molecule has 0 aromatic heterocycles. The molecular weight excluding hydrogens is 317 g/mol. The van der Waals surface area contributed by atoms with Gasteiger partial charge in [-0.3, -0.25) is 0 Å². The van der Waals surface area contributed by atoms with Crippen LogP contribution < -0.4 is 9.46 Å². The van der Waals surface area contributed by atoms with Crippen molar-refractivity contribution in [2.75, 3.05) is 7.11 Å². The molecule has 0 heterocycles. The van der Waals surface area contributed by atoms with Crippen LogP contribution in [0.3, 0.4) is 0 Å². The third-order valence-corrected chi connectivity index (χ3v) is 4.79. The van der Waals surface area contributed by atoms with Gasteiger partial charge in [0.1, 0.15) is 11.6 Å². The topological polar surface area (TPSA) is 55.4 Å². The summed E-state index contributed by atoms with van der Waals surface area (Å²) < 4.78 is 44.9. The Morgan fingerprint density at radius 2 is 1.74 bits per heavy atom. The summed E-state index contributed by atoms with van der Waals surface area (Å²) >= 11 is 0. The molecule has 4 nitrogen and oxygen atoms in total. The molecule has 0 amide bonds. The van der Waals surface area contributed by atoms with E-state index in [4.69, 9.17) is 4.74 Å². The number of rotatable bonds is 7. The molecule has 0 saturated carbocycles. The molecule has 6 heteroatoms. The fourth-order valence-corrected chi connectivity index (χ4v) is 3.38. The van der Waals surface area contributed by atoms with Crippen LogP contribution in [-0.2, 0) is 28.7 Å². The number of hydrogen-bond acceptors (Lipinski definition) is 3. The van der Waals surface area contributed by atoms with Crippen LogP contribution in [0.5, 0.6) is 5.75 Å². The summed E-state index contributed by atoms with van der Waals surface area (Å²) in [6.07, 6.45) is 0.805. The van der Waals surface area contributed by atoms with E-state index < -0.39 is 10.0 Å². The Labute approximate surface area is 136 Å². The maximum absolute atomic E-state index is 12.8. The van der Waals surface area contributed by atoms with Crippen LogP contribution >= 0.6 is 0 Å². The Bertz CT molecular complexity index is 758. The van der Waals surface area contributed by atoms with Gasteiger partial charge in [0.2, 0.25) is 10.0 Å². The second kappa shape index (κ2) is 7.57. The lowest BCUT2D eigenvalue weighted by Crippen LogP contribution is -2.24. The lowest BCUT2D eigenvalue weighted by Gasteiger charge is -2.11. The molecule has 23 heavy (non-hydrogen) atoms. The average molecular weight is 337 g/mol. The van der Waals surface area contributed by atoms with Gasteiger partial charge in [-0.1, -0.05) is 31.2 Å². The Morgan fingerprint density at radius 1 is 1.09 bits per heavy atom. The van der Waals surface area contributed by atoms with Crippen molar-refractivity contribution in [2.24, 2.45) is 0 Å². The van der Waals surface area contributed by atoms with Crippen LogP contribution in [0.1, 0.15) is 23.6 Å². The molecule has 124 valence electrons. The fourth-order valence-electron chi connectivity index (χ4n) is 2.26. The fraction of sp³-hybridized carbons (Fsp3) is 0.294. The van der Waals surface area contributed by atoms with Crippen LogP contribution in [0.15, 0.2) is 42.5 Å². The highest BCUT2D eigenvalue weighted by Gasteiger charge is 2.12. The number of aryl methyl sites for hydroxylation is 1. The van der Waals surface area contributed by atoms with Crippen molar-refractivity contribution in [1.82, 2.24) is 4.72 Å². The Kier molecular flexibility index (Phi) is 5.74. The highest BCUT2D eigenvalue weighted by molar-refractivity contribution is 7.88. The molecule has 0 aliphatic heterocycles. The molecule has 0 unspecified atom stereocenters. The molecule has 0 radical (unpaired) electrons. The normalized spacial score (nSPS) is 11.4. The molecule has 0 spiro atoms. The third kappa shape index (κ3) is 5.04. The molecule has 2 rings (SSSR count). The predicted molar refractivity (Wildman–Crippen MR) is 88.2 cm³/mol. The van der Waals surface area contributed by atoms with Crippen LogP contribution in [-0.4, -0.2) is 15.5 Å². The van der Waals surface area contributed by atoms with Gasteiger partial charge in [-0.2, -0.15) is 0 Å². The minimum Gasteiger partial charge on any atom is -0.496 e. The van der Waals surface area contributed by atoms with Crippen LogP contribution in [0.25, 0.3) is 0 Å². The van der Waals surface area contributed by atoms with E-state index in [-0.39, 0.29) is 18.1 Å². The zero-order chi connectivity index (χ0) is 16.9. The maximum Gasteiger partial charge on any atom is 0.216 e. The van der Waals surface area contributed by atoms with Crippen molar-refractivity contribution < 1.29 is 17.5 Å². The van der Waals surface area contributed by atoms with Crippen molar-refractivity contribution in [3.8, 4) is 5.75 Å². The van der Waals surface area contributed by atoms with E-state index in [0.717, 1.165) is 23.3 Å². The quantitative estimate of drug-likeness (QED) is 0.845. The summed E-state index contributed by atoms with van der Waals surface area (Å²) in [6, 6.07) is 11.0. The summed E-state index contributed by atoms with van der Waals surface area (Å²) in [5.41, 5.74) is 2.44. The SMILES string of the molecule is CCc1cc(CNS(=O)(=O)Cc2ccc(F)cc2)ccc1OC. The molecule has 0 atom stereocenters. The van der Waals surface area contributed by atoms with Gasteiger partial charge in [0.25, 0.3) is 0 Å². The Balaban J connectivity index is 2.02. The average Bonchev–Trinajstić information content (AvgIpc) is 2.54. The zero-order valence-corrected chi connectivity index (χ0v) is 14.0. The number of ether oxygens (including phenoxy) is 1. The summed E-state index contributed by atoms with van der Waals surface area (Å²) in [5, 5.41) is 0. The smallest absolute Gasteiger partial charge is 0.216 e. The van der Waals surface area contributed by atoms with Crippen LogP contribution in [0.4, 0.5) is 4.39 Å². The van der Waals surface area contributed by atoms with Gasteiger partial charge in [0.15, 0.2) is 0 Å². The number of nitrogens with one attached hydrogen (secondary N) is 1. The second-order valence-corrected chi connectivity index (χ2v) is 7.01. The van der Waals surface area contributed by atoms with Gasteiger partial charge < -0.3 is 4.74 Å². The highest BCUT2D eigenvalue weighted by atomic mass is 32.2. The lowest BCUT2D eigenvalue weighted by molar-refractivity contribution is 0.410. The molecule has 0 bridgehead atoms. The largest absolute Gasteiger partial charge is 0.496 e. The van der Waals surface area contributed by atoms with Crippen molar-refractivity contribution in [1.29, 1.82) is 0 Å². The summed E-state index contributed by atoms with van der Waals surface area (Å²) in [4.78, 5) is 0. The highest BCUT2D eigenvalue weighted by Crippen LogP contribution is 2.20. The minimum atomic E-state index is -3.48. The first kappa shape index (κ1) is 17.4. The van der Waals surface area contributed by atoms with Gasteiger partial charge in [-0.15, -0.1) is 0 Å². The maximum atomic E-state index is 12.8. The second-order valence-electron chi connectivity index (χ2n) is 5.21. The van der Waals surface area contributed by atoms with Gasteiger partial charge in [-0.25, -0.2) is 17.5 Å². The molecule has 0 aliphatic carbocycles. The van der Waals surface area contributed by atoms with Crippen molar-refractivity contribution in [2.45, 2.75) is 25.6 Å². The van der Waals surface area contributed by atoms with E-state index in [1.165, 1.54) is 24.3 Å². The first-order valence-corrected chi connectivity index (χ1v) is 8.96. The molecule has 1 N–H and O–H groups in total. The zero-order valence-electron chi connectivity index (χ0n) is 13.2. The number of benzene rings is 2.